The maximum Gasteiger partial charge on any atom is 0.149 e. The van der Waals surface area contributed by atoms with Crippen molar-refractivity contribution in [3.8, 4) is 6.07 Å². The summed E-state index contributed by atoms with van der Waals surface area (Å²) in [6.45, 7) is 5.39. The Morgan fingerprint density at radius 2 is 2.18 bits per heavy atom. The first kappa shape index (κ1) is 13.1. The van der Waals surface area contributed by atoms with E-state index in [1.165, 1.54) is 6.08 Å². The van der Waals surface area contributed by atoms with Crippen LogP contribution in [0.15, 0.2) is 35.5 Å². The fourth-order valence-electron chi connectivity index (χ4n) is 1.84. The van der Waals surface area contributed by atoms with E-state index in [4.69, 9.17) is 5.26 Å². The number of rotatable bonds is 3. The second-order valence-corrected chi connectivity index (χ2v) is 4.61. The van der Waals surface area contributed by atoms with E-state index in [2.05, 4.69) is 0 Å². The van der Waals surface area contributed by atoms with Crippen molar-refractivity contribution in [2.45, 2.75) is 20.8 Å². The van der Waals surface area contributed by atoms with Crippen LogP contribution in [0, 0.1) is 22.7 Å². The van der Waals surface area contributed by atoms with Gasteiger partial charge in [0, 0.05) is 11.5 Å². The third-order valence-electron chi connectivity index (χ3n) is 2.72. The highest BCUT2D eigenvalue weighted by molar-refractivity contribution is 5.92. The van der Waals surface area contributed by atoms with Gasteiger partial charge in [0.25, 0.3) is 0 Å². The molecule has 0 amide bonds. The lowest BCUT2D eigenvalue weighted by molar-refractivity contribution is -0.126. The third kappa shape index (κ3) is 2.79. The van der Waals surface area contributed by atoms with Crippen molar-refractivity contribution in [1.82, 2.24) is 0 Å². The minimum Gasteiger partial charge on any atom is -0.298 e. The smallest absolute Gasteiger partial charge is 0.149 e. The van der Waals surface area contributed by atoms with E-state index >= 15 is 0 Å². The summed E-state index contributed by atoms with van der Waals surface area (Å²) in [5, 5.41) is 8.85. The van der Waals surface area contributed by atoms with Gasteiger partial charge in [-0.15, -0.1) is 0 Å². The number of nitriles is 1. The van der Waals surface area contributed by atoms with E-state index in [9.17, 15) is 9.59 Å². The van der Waals surface area contributed by atoms with Crippen LogP contribution in [0.25, 0.3) is 0 Å². The highest BCUT2D eigenvalue weighted by Gasteiger charge is 2.31. The van der Waals surface area contributed by atoms with Crippen LogP contribution >= 0.6 is 0 Å². The zero-order valence-corrected chi connectivity index (χ0v) is 10.2. The molecule has 0 fully saturated rings. The maximum absolute atomic E-state index is 12.1. The fourth-order valence-corrected chi connectivity index (χ4v) is 1.84. The van der Waals surface area contributed by atoms with Crippen molar-refractivity contribution in [3.05, 3.63) is 35.5 Å². The van der Waals surface area contributed by atoms with Gasteiger partial charge in [-0.1, -0.05) is 26.0 Å². The predicted molar refractivity (Wildman–Crippen MR) is 64.9 cm³/mol. The first-order chi connectivity index (χ1) is 7.92. The molecule has 0 aromatic heterocycles. The molecular formula is C14H15NO2. The highest BCUT2D eigenvalue weighted by atomic mass is 16.1. The Morgan fingerprint density at radius 3 is 2.65 bits per heavy atom. The van der Waals surface area contributed by atoms with Crippen LogP contribution in [0.1, 0.15) is 20.8 Å². The summed E-state index contributed by atoms with van der Waals surface area (Å²) < 4.78 is 0. The van der Waals surface area contributed by atoms with Crippen LogP contribution < -0.4 is 0 Å². The first-order valence-corrected chi connectivity index (χ1v) is 5.46. The third-order valence-corrected chi connectivity index (χ3v) is 2.72. The molecule has 17 heavy (non-hydrogen) atoms. The molecule has 0 saturated heterocycles. The molecular weight excluding hydrogens is 214 g/mol. The predicted octanol–water partition coefficient (Wildman–Crippen LogP) is 2.36. The van der Waals surface area contributed by atoms with Gasteiger partial charge in [0.05, 0.1) is 17.1 Å². The number of ketones is 1. The lowest BCUT2D eigenvalue weighted by Crippen LogP contribution is -2.27. The van der Waals surface area contributed by atoms with Crippen LogP contribution in [-0.4, -0.2) is 12.1 Å². The molecule has 0 saturated carbocycles. The van der Waals surface area contributed by atoms with Crippen molar-refractivity contribution in [1.29, 1.82) is 5.26 Å². The minimum absolute atomic E-state index is 0.0284. The molecule has 1 aliphatic carbocycles. The second kappa shape index (κ2) is 4.92. The Morgan fingerprint density at radius 1 is 1.53 bits per heavy atom. The topological polar surface area (TPSA) is 57.9 Å². The number of hydrogen-bond donors (Lipinski definition) is 0. The van der Waals surface area contributed by atoms with Gasteiger partial charge in [0.15, 0.2) is 0 Å². The largest absolute Gasteiger partial charge is 0.298 e. The van der Waals surface area contributed by atoms with Crippen LogP contribution in [-0.2, 0) is 9.59 Å². The normalized spacial score (nSPS) is 23.5. The van der Waals surface area contributed by atoms with Crippen LogP contribution in [0.4, 0.5) is 0 Å². The Kier molecular flexibility index (Phi) is 3.80. The molecule has 1 rings (SSSR count). The summed E-state index contributed by atoms with van der Waals surface area (Å²) in [5.74, 6) is -0.0990. The molecule has 0 bridgehead atoms. The van der Waals surface area contributed by atoms with Crippen molar-refractivity contribution in [3.63, 3.8) is 0 Å². The molecule has 0 aromatic rings. The molecule has 3 heteroatoms. The molecule has 0 N–H and O–H groups in total. The van der Waals surface area contributed by atoms with Gasteiger partial charge in [0.2, 0.25) is 0 Å². The van der Waals surface area contributed by atoms with E-state index < -0.39 is 5.41 Å². The van der Waals surface area contributed by atoms with Crippen LogP contribution in [0.3, 0.4) is 0 Å². The van der Waals surface area contributed by atoms with E-state index in [1.54, 1.807) is 25.2 Å². The zero-order valence-electron chi connectivity index (χ0n) is 10.2. The standard InChI is InChI=1S/C14H15NO2/c1-10(2)13(17)14(3)5-4-11(8-15)6-12(7-14)9-16/h4-7,9-10H,1-3H3. The molecule has 1 atom stereocenters. The summed E-state index contributed by atoms with van der Waals surface area (Å²) in [5.41, 5.74) is -0.0776. The average molecular weight is 229 g/mol. The van der Waals surface area contributed by atoms with E-state index in [1.807, 2.05) is 19.9 Å². The SMILES string of the molecule is CC(C)C(=O)C1(C)C=CC(C#N)=CC(C=O)=C1. The van der Waals surface area contributed by atoms with Gasteiger partial charge >= 0.3 is 0 Å². The van der Waals surface area contributed by atoms with Gasteiger partial charge < -0.3 is 0 Å². The minimum atomic E-state index is -0.820. The number of nitrogens with zero attached hydrogens (tertiary/aromatic N) is 1. The van der Waals surface area contributed by atoms with Gasteiger partial charge in [-0.2, -0.15) is 5.26 Å². The molecule has 1 aliphatic rings. The molecule has 3 nitrogen and oxygen atoms in total. The number of carbonyl (C=O) groups is 2. The van der Waals surface area contributed by atoms with Crippen molar-refractivity contribution in [2.24, 2.45) is 11.3 Å². The summed E-state index contributed by atoms with van der Waals surface area (Å²) in [6, 6.07) is 1.98. The second-order valence-electron chi connectivity index (χ2n) is 4.61. The van der Waals surface area contributed by atoms with E-state index in [-0.39, 0.29) is 11.7 Å². The Labute approximate surface area is 101 Å². The molecule has 0 radical (unpaired) electrons. The summed E-state index contributed by atoms with van der Waals surface area (Å²) in [6.07, 6.45) is 7.04. The molecule has 0 spiro atoms. The number of aldehydes is 1. The number of Topliss-reactive ketones (excluding diaryl/α,β-unsaturated/α-hetero) is 1. The fraction of sp³-hybridized carbons (Fsp3) is 0.357. The van der Waals surface area contributed by atoms with E-state index in [0.717, 1.165) is 0 Å². The average Bonchev–Trinajstić information content (AvgIpc) is 2.48. The Balaban J connectivity index is 3.27. The zero-order chi connectivity index (χ0) is 13.1. The number of allylic oxidation sites excluding steroid dienone is 6. The molecule has 0 aliphatic heterocycles. The number of carbonyl (C=O) groups excluding carboxylic acids is 2. The van der Waals surface area contributed by atoms with Crippen molar-refractivity contribution in [2.75, 3.05) is 0 Å². The summed E-state index contributed by atoms with van der Waals surface area (Å²) in [4.78, 5) is 23.0. The van der Waals surface area contributed by atoms with E-state index in [0.29, 0.717) is 17.4 Å². The molecule has 88 valence electrons. The first-order valence-electron chi connectivity index (χ1n) is 5.46. The Hall–Kier alpha value is -1.95. The monoisotopic (exact) mass is 229 g/mol. The van der Waals surface area contributed by atoms with Crippen molar-refractivity contribution >= 4 is 12.1 Å². The summed E-state index contributed by atoms with van der Waals surface area (Å²) >= 11 is 0. The Bertz CT molecular complexity index is 475. The lowest BCUT2D eigenvalue weighted by atomic mass is 9.79. The molecule has 0 aromatic carbocycles. The quantitative estimate of drug-likeness (QED) is 0.698. The maximum atomic E-state index is 12.1. The van der Waals surface area contributed by atoms with Gasteiger partial charge in [0.1, 0.15) is 12.1 Å². The lowest BCUT2D eigenvalue weighted by Gasteiger charge is -2.22. The van der Waals surface area contributed by atoms with Gasteiger partial charge in [-0.05, 0) is 19.1 Å². The van der Waals surface area contributed by atoms with Gasteiger partial charge in [-0.3, -0.25) is 9.59 Å². The summed E-state index contributed by atoms with van der Waals surface area (Å²) in [7, 11) is 0. The van der Waals surface area contributed by atoms with Gasteiger partial charge in [-0.25, -0.2) is 0 Å². The molecule has 1 unspecified atom stereocenters. The van der Waals surface area contributed by atoms with Crippen molar-refractivity contribution < 1.29 is 9.59 Å². The highest BCUT2D eigenvalue weighted by Crippen LogP contribution is 2.30. The number of hydrogen-bond acceptors (Lipinski definition) is 3. The van der Waals surface area contributed by atoms with Crippen LogP contribution in [0.2, 0.25) is 0 Å². The van der Waals surface area contributed by atoms with Crippen LogP contribution in [0.5, 0.6) is 0 Å². The molecule has 0 heterocycles.